The second kappa shape index (κ2) is 7.91. The van der Waals surface area contributed by atoms with E-state index in [-0.39, 0.29) is 11.2 Å². The average Bonchev–Trinajstić information content (AvgIpc) is 2.40. The first-order valence-electron chi connectivity index (χ1n) is 5.93. The van der Waals surface area contributed by atoms with Gasteiger partial charge >= 0.3 is 0 Å². The van der Waals surface area contributed by atoms with E-state index >= 15 is 0 Å². The third-order valence-electron chi connectivity index (χ3n) is 2.51. The van der Waals surface area contributed by atoms with Crippen LogP contribution in [0, 0.1) is 0 Å². The SMILES string of the molecule is COCCSC(C)C(=O)Nc1ccc(N)cc1OC. The Balaban J connectivity index is 2.61. The molecule has 0 fully saturated rings. The zero-order valence-electron chi connectivity index (χ0n) is 11.4. The number of carbonyl (C=O) groups is 1. The maximum Gasteiger partial charge on any atom is 0.237 e. The van der Waals surface area contributed by atoms with Gasteiger partial charge in [-0.1, -0.05) is 0 Å². The average molecular weight is 284 g/mol. The van der Waals surface area contributed by atoms with Gasteiger partial charge in [0.2, 0.25) is 5.91 Å². The minimum absolute atomic E-state index is 0.0656. The second-order valence-electron chi connectivity index (χ2n) is 3.95. The Labute approximate surface area is 117 Å². The predicted molar refractivity (Wildman–Crippen MR) is 79.8 cm³/mol. The van der Waals surface area contributed by atoms with Gasteiger partial charge in [-0.05, 0) is 19.1 Å². The number of ether oxygens (including phenoxy) is 2. The number of hydrogen-bond donors (Lipinski definition) is 2. The third kappa shape index (κ3) is 5.00. The molecule has 0 radical (unpaired) electrons. The van der Waals surface area contributed by atoms with Crippen LogP contribution in [0.1, 0.15) is 6.92 Å². The zero-order chi connectivity index (χ0) is 14.3. The fourth-order valence-corrected chi connectivity index (χ4v) is 2.26. The number of anilines is 2. The highest BCUT2D eigenvalue weighted by Crippen LogP contribution is 2.27. The highest BCUT2D eigenvalue weighted by molar-refractivity contribution is 8.00. The van der Waals surface area contributed by atoms with Crippen molar-refractivity contribution in [2.45, 2.75) is 12.2 Å². The fourth-order valence-electron chi connectivity index (χ4n) is 1.43. The molecule has 106 valence electrons. The van der Waals surface area contributed by atoms with Crippen molar-refractivity contribution in [2.75, 3.05) is 37.6 Å². The van der Waals surface area contributed by atoms with Crippen LogP contribution >= 0.6 is 11.8 Å². The van der Waals surface area contributed by atoms with Gasteiger partial charge in [0.25, 0.3) is 0 Å². The summed E-state index contributed by atoms with van der Waals surface area (Å²) in [6.45, 7) is 2.49. The molecule has 0 aliphatic carbocycles. The number of benzene rings is 1. The monoisotopic (exact) mass is 284 g/mol. The van der Waals surface area contributed by atoms with Gasteiger partial charge in [0.15, 0.2) is 0 Å². The molecule has 3 N–H and O–H groups in total. The molecule has 0 spiro atoms. The first kappa shape index (κ1) is 15.7. The summed E-state index contributed by atoms with van der Waals surface area (Å²) in [6, 6.07) is 5.14. The maximum atomic E-state index is 12.0. The number of carbonyl (C=O) groups excluding carboxylic acids is 1. The molecule has 0 saturated heterocycles. The zero-order valence-corrected chi connectivity index (χ0v) is 12.3. The summed E-state index contributed by atoms with van der Waals surface area (Å²) in [5.41, 5.74) is 6.88. The predicted octanol–water partition coefficient (Wildman–Crippen LogP) is 1.98. The smallest absolute Gasteiger partial charge is 0.237 e. The minimum Gasteiger partial charge on any atom is -0.494 e. The minimum atomic E-state index is -0.155. The van der Waals surface area contributed by atoms with E-state index < -0.39 is 0 Å². The van der Waals surface area contributed by atoms with Crippen molar-refractivity contribution in [3.8, 4) is 5.75 Å². The van der Waals surface area contributed by atoms with Gasteiger partial charge in [0.05, 0.1) is 24.7 Å². The van der Waals surface area contributed by atoms with Crippen LogP contribution in [0.15, 0.2) is 18.2 Å². The van der Waals surface area contributed by atoms with Gasteiger partial charge in [-0.25, -0.2) is 0 Å². The Kier molecular flexibility index (Phi) is 6.52. The van der Waals surface area contributed by atoms with Gasteiger partial charge in [0, 0.05) is 24.6 Å². The largest absolute Gasteiger partial charge is 0.494 e. The molecule has 0 aliphatic heterocycles. The summed E-state index contributed by atoms with van der Waals surface area (Å²) in [7, 11) is 3.19. The highest BCUT2D eigenvalue weighted by Gasteiger charge is 2.15. The molecule has 19 heavy (non-hydrogen) atoms. The van der Waals surface area contributed by atoms with Crippen molar-refractivity contribution in [3.05, 3.63) is 18.2 Å². The van der Waals surface area contributed by atoms with E-state index in [4.69, 9.17) is 15.2 Å². The third-order valence-corrected chi connectivity index (χ3v) is 3.62. The Bertz CT molecular complexity index is 426. The Hall–Kier alpha value is -1.40. The molecule has 5 nitrogen and oxygen atoms in total. The number of hydrogen-bond acceptors (Lipinski definition) is 5. The molecular formula is C13H20N2O3S. The van der Waals surface area contributed by atoms with Crippen molar-refractivity contribution in [1.82, 2.24) is 0 Å². The fraction of sp³-hybridized carbons (Fsp3) is 0.462. The topological polar surface area (TPSA) is 73.6 Å². The van der Waals surface area contributed by atoms with Crippen LogP contribution in [0.5, 0.6) is 5.75 Å². The first-order chi connectivity index (χ1) is 9.08. The van der Waals surface area contributed by atoms with Crippen LogP contribution in [0.25, 0.3) is 0 Å². The highest BCUT2D eigenvalue weighted by atomic mass is 32.2. The van der Waals surface area contributed by atoms with Crippen LogP contribution in [0.2, 0.25) is 0 Å². The normalized spacial score (nSPS) is 11.9. The summed E-state index contributed by atoms with van der Waals surface area (Å²) < 4.78 is 10.1. The Morgan fingerprint density at radius 3 is 2.84 bits per heavy atom. The quantitative estimate of drug-likeness (QED) is 0.591. The summed E-state index contributed by atoms with van der Waals surface area (Å²) in [4.78, 5) is 12.0. The lowest BCUT2D eigenvalue weighted by Gasteiger charge is -2.14. The molecule has 0 heterocycles. The molecular weight excluding hydrogens is 264 g/mol. The Morgan fingerprint density at radius 1 is 1.47 bits per heavy atom. The van der Waals surface area contributed by atoms with Crippen molar-refractivity contribution in [3.63, 3.8) is 0 Å². The number of methoxy groups -OCH3 is 2. The number of nitrogen functional groups attached to an aromatic ring is 1. The summed E-state index contributed by atoms with van der Waals surface area (Å²) in [6.07, 6.45) is 0. The molecule has 1 rings (SSSR count). The number of nitrogens with two attached hydrogens (primary N) is 1. The number of nitrogens with one attached hydrogen (secondary N) is 1. The van der Waals surface area contributed by atoms with Crippen LogP contribution < -0.4 is 15.8 Å². The number of thioether (sulfide) groups is 1. The van der Waals surface area contributed by atoms with E-state index in [1.54, 1.807) is 44.2 Å². The van der Waals surface area contributed by atoms with E-state index in [0.717, 1.165) is 5.75 Å². The van der Waals surface area contributed by atoms with Gasteiger partial charge in [-0.2, -0.15) is 0 Å². The molecule has 0 aliphatic rings. The van der Waals surface area contributed by atoms with E-state index in [0.29, 0.717) is 23.7 Å². The number of amides is 1. The second-order valence-corrected chi connectivity index (χ2v) is 5.40. The molecule has 0 saturated carbocycles. The lowest BCUT2D eigenvalue weighted by molar-refractivity contribution is -0.115. The van der Waals surface area contributed by atoms with E-state index in [1.165, 1.54) is 0 Å². The lowest BCUT2D eigenvalue weighted by Crippen LogP contribution is -2.23. The maximum absolute atomic E-state index is 12.0. The molecule has 1 unspecified atom stereocenters. The van der Waals surface area contributed by atoms with E-state index in [1.807, 2.05) is 6.92 Å². The standard InChI is InChI=1S/C13H20N2O3S/c1-9(19-7-6-17-2)13(16)15-11-5-4-10(14)8-12(11)18-3/h4-5,8-9H,6-7,14H2,1-3H3,(H,15,16). The van der Waals surface area contributed by atoms with Crippen LogP contribution in [0.3, 0.4) is 0 Å². The molecule has 1 amide bonds. The van der Waals surface area contributed by atoms with Crippen molar-refractivity contribution < 1.29 is 14.3 Å². The Morgan fingerprint density at radius 2 is 2.21 bits per heavy atom. The molecule has 1 aromatic carbocycles. The van der Waals surface area contributed by atoms with Crippen LogP contribution in [-0.4, -0.2) is 37.7 Å². The number of rotatable bonds is 7. The first-order valence-corrected chi connectivity index (χ1v) is 6.98. The van der Waals surface area contributed by atoms with Gasteiger partial charge in [0.1, 0.15) is 5.75 Å². The van der Waals surface area contributed by atoms with Crippen molar-refractivity contribution >= 4 is 29.0 Å². The van der Waals surface area contributed by atoms with Crippen molar-refractivity contribution in [1.29, 1.82) is 0 Å². The van der Waals surface area contributed by atoms with Gasteiger partial charge in [-0.15, -0.1) is 11.8 Å². The van der Waals surface area contributed by atoms with Gasteiger partial charge in [-0.3, -0.25) is 4.79 Å². The molecule has 1 atom stereocenters. The summed E-state index contributed by atoms with van der Waals surface area (Å²) in [5, 5.41) is 2.68. The van der Waals surface area contributed by atoms with Crippen molar-refractivity contribution in [2.24, 2.45) is 0 Å². The molecule has 6 heteroatoms. The van der Waals surface area contributed by atoms with Gasteiger partial charge < -0.3 is 20.5 Å². The molecule has 0 bridgehead atoms. The van der Waals surface area contributed by atoms with E-state index in [2.05, 4.69) is 5.32 Å². The van der Waals surface area contributed by atoms with Crippen LogP contribution in [-0.2, 0) is 9.53 Å². The van der Waals surface area contributed by atoms with Crippen LogP contribution in [0.4, 0.5) is 11.4 Å². The van der Waals surface area contributed by atoms with E-state index in [9.17, 15) is 4.79 Å². The summed E-state index contributed by atoms with van der Waals surface area (Å²) >= 11 is 1.54. The molecule has 0 aromatic heterocycles. The lowest BCUT2D eigenvalue weighted by atomic mass is 10.2. The molecule has 1 aromatic rings. The summed E-state index contributed by atoms with van der Waals surface area (Å²) in [5.74, 6) is 1.27.